The Morgan fingerprint density at radius 1 is 1.33 bits per heavy atom. The van der Waals surface area contributed by atoms with E-state index >= 15 is 0 Å². The van der Waals surface area contributed by atoms with Gasteiger partial charge in [0, 0.05) is 0 Å². The highest BCUT2D eigenvalue weighted by atomic mass is 28.3. The van der Waals surface area contributed by atoms with Crippen molar-refractivity contribution >= 4 is 13.9 Å². The van der Waals surface area contributed by atoms with Crippen molar-refractivity contribution in [1.29, 1.82) is 5.26 Å². The lowest BCUT2D eigenvalue weighted by Gasteiger charge is -2.11. The number of hydrogen-bond donors (Lipinski definition) is 0. The molecule has 0 heterocycles. The molecule has 0 saturated carbocycles. The van der Waals surface area contributed by atoms with Gasteiger partial charge in [-0.1, -0.05) is 0 Å². The maximum atomic E-state index is 11.9. The van der Waals surface area contributed by atoms with Crippen LogP contribution < -0.4 is 0 Å². The van der Waals surface area contributed by atoms with Crippen LogP contribution in [0, 0.1) is 11.3 Å². The van der Waals surface area contributed by atoms with E-state index in [4.69, 9.17) is 5.26 Å². The van der Waals surface area contributed by atoms with E-state index in [-0.39, 0.29) is 0 Å². The molecule has 0 aromatic carbocycles. The number of nitriles is 1. The predicted octanol–water partition coefficient (Wildman–Crippen LogP) is 2.35. The molecule has 6 heteroatoms. The molecule has 0 N–H and O–H groups in total. The van der Waals surface area contributed by atoms with Crippen LogP contribution in [0.15, 0.2) is 4.66 Å². The highest BCUT2D eigenvalue weighted by Crippen LogP contribution is 2.18. The maximum Gasteiger partial charge on any atom is 0.442 e. The standard InChI is InChI=1S/C6H9F3N2Si/c1-12(2,3)11-5(4-10)6(7,8)9/h1-3H3. The Labute approximate surface area is 69.8 Å². The molecular weight excluding hydrogens is 185 g/mol. The largest absolute Gasteiger partial charge is 0.442 e. The van der Waals surface area contributed by atoms with E-state index in [9.17, 15) is 13.2 Å². The van der Waals surface area contributed by atoms with Gasteiger partial charge in [0.25, 0.3) is 0 Å². The van der Waals surface area contributed by atoms with Crippen molar-refractivity contribution < 1.29 is 13.2 Å². The van der Waals surface area contributed by atoms with Crippen LogP contribution in [-0.4, -0.2) is 20.1 Å². The zero-order chi connectivity index (χ0) is 9.99. The summed E-state index contributed by atoms with van der Waals surface area (Å²) in [6.07, 6.45) is -4.60. The Hall–Kier alpha value is -0.833. The summed E-state index contributed by atoms with van der Waals surface area (Å²) < 4.78 is 39.1. The summed E-state index contributed by atoms with van der Waals surface area (Å²) in [5.41, 5.74) is -1.32. The fraction of sp³-hybridized carbons (Fsp3) is 0.667. The highest BCUT2D eigenvalue weighted by Gasteiger charge is 2.37. The molecular formula is C6H9F3N2Si. The number of nitrogens with zero attached hydrogens (tertiary/aromatic N) is 2. The lowest BCUT2D eigenvalue weighted by atomic mass is 10.4. The van der Waals surface area contributed by atoms with Crippen LogP contribution >= 0.6 is 0 Å². The fourth-order valence-electron chi connectivity index (χ4n) is 0.487. The van der Waals surface area contributed by atoms with Gasteiger partial charge in [0.15, 0.2) is 8.24 Å². The summed E-state index contributed by atoms with van der Waals surface area (Å²) in [6, 6.07) is 1.06. The molecule has 12 heavy (non-hydrogen) atoms. The quantitative estimate of drug-likeness (QED) is 0.466. The molecule has 0 aliphatic carbocycles. The number of halogens is 3. The Kier molecular flexibility index (Phi) is 3.04. The van der Waals surface area contributed by atoms with E-state index in [0.717, 1.165) is 6.07 Å². The first-order chi connectivity index (χ1) is 5.17. The SMILES string of the molecule is C[Si](C)(C)N=C(C#N)C(F)(F)F. The minimum Gasteiger partial charge on any atom is -0.309 e. The Morgan fingerprint density at radius 3 is 1.83 bits per heavy atom. The van der Waals surface area contributed by atoms with Gasteiger partial charge >= 0.3 is 6.18 Å². The van der Waals surface area contributed by atoms with Crippen molar-refractivity contribution in [2.75, 3.05) is 0 Å². The van der Waals surface area contributed by atoms with Gasteiger partial charge < -0.3 is 4.66 Å². The normalized spacial score (nSPS) is 14.2. The molecule has 0 aromatic rings. The Balaban J connectivity index is 4.85. The van der Waals surface area contributed by atoms with Crippen LogP contribution in [0.3, 0.4) is 0 Å². The fourth-order valence-corrected chi connectivity index (χ4v) is 1.33. The first-order valence-electron chi connectivity index (χ1n) is 3.24. The van der Waals surface area contributed by atoms with Crippen LogP contribution in [0.5, 0.6) is 0 Å². The van der Waals surface area contributed by atoms with Crippen molar-refractivity contribution in [1.82, 2.24) is 0 Å². The predicted molar refractivity (Wildman–Crippen MR) is 42.4 cm³/mol. The minimum absolute atomic E-state index is 1.06. The first kappa shape index (κ1) is 11.2. The molecule has 0 fully saturated rings. The number of alkyl halides is 3. The van der Waals surface area contributed by atoms with Gasteiger partial charge in [-0.2, -0.15) is 18.4 Å². The van der Waals surface area contributed by atoms with Crippen molar-refractivity contribution in [3.8, 4) is 6.07 Å². The third kappa shape index (κ3) is 4.13. The summed E-state index contributed by atoms with van der Waals surface area (Å²) in [7, 11) is -2.21. The third-order valence-corrected chi connectivity index (χ3v) is 1.72. The van der Waals surface area contributed by atoms with Gasteiger partial charge in [-0.05, 0) is 19.6 Å². The van der Waals surface area contributed by atoms with Crippen LogP contribution in [0.25, 0.3) is 0 Å². The monoisotopic (exact) mass is 194 g/mol. The molecule has 2 nitrogen and oxygen atoms in total. The molecule has 0 amide bonds. The second-order valence-electron chi connectivity index (χ2n) is 3.24. The lowest BCUT2D eigenvalue weighted by molar-refractivity contribution is -0.0571. The van der Waals surface area contributed by atoms with Crippen LogP contribution in [0.1, 0.15) is 0 Å². The minimum atomic E-state index is -4.60. The van der Waals surface area contributed by atoms with Crippen LogP contribution in [-0.2, 0) is 0 Å². The zero-order valence-electron chi connectivity index (χ0n) is 7.03. The summed E-state index contributed by atoms with van der Waals surface area (Å²) in [6.45, 7) is 4.90. The summed E-state index contributed by atoms with van der Waals surface area (Å²) in [4.78, 5) is 0. The summed E-state index contributed by atoms with van der Waals surface area (Å²) in [5.74, 6) is 0. The van der Waals surface area contributed by atoms with Gasteiger partial charge in [0.2, 0.25) is 5.71 Å². The van der Waals surface area contributed by atoms with E-state index < -0.39 is 20.1 Å². The molecule has 0 spiro atoms. The maximum absolute atomic E-state index is 11.9. The molecule has 0 aliphatic heterocycles. The van der Waals surface area contributed by atoms with Crippen molar-refractivity contribution in [3.63, 3.8) is 0 Å². The van der Waals surface area contributed by atoms with Crippen molar-refractivity contribution in [2.24, 2.45) is 4.66 Å². The van der Waals surface area contributed by atoms with Crippen molar-refractivity contribution in [3.05, 3.63) is 0 Å². The molecule has 0 aromatic heterocycles. The Bertz CT molecular complexity index is 231. The summed E-state index contributed by atoms with van der Waals surface area (Å²) in [5, 5.41) is 8.15. The smallest absolute Gasteiger partial charge is 0.309 e. The third-order valence-electron chi connectivity index (χ3n) is 0.822. The van der Waals surface area contributed by atoms with E-state index in [0.29, 0.717) is 0 Å². The van der Waals surface area contributed by atoms with E-state index in [2.05, 4.69) is 4.66 Å². The number of hydrogen-bond acceptors (Lipinski definition) is 2. The number of rotatable bonds is 1. The van der Waals surface area contributed by atoms with E-state index in [1.807, 2.05) is 0 Å². The van der Waals surface area contributed by atoms with Gasteiger partial charge in [-0.15, -0.1) is 0 Å². The van der Waals surface area contributed by atoms with E-state index in [1.165, 1.54) is 0 Å². The topological polar surface area (TPSA) is 36.1 Å². The summed E-state index contributed by atoms with van der Waals surface area (Å²) >= 11 is 0. The molecule has 0 atom stereocenters. The highest BCUT2D eigenvalue weighted by molar-refractivity contribution is 6.75. The molecule has 0 aliphatic rings. The molecule has 0 rings (SSSR count). The molecule has 0 radical (unpaired) electrons. The Morgan fingerprint density at radius 2 is 1.75 bits per heavy atom. The van der Waals surface area contributed by atoms with Gasteiger partial charge in [-0.3, -0.25) is 0 Å². The molecule has 0 bridgehead atoms. The average Bonchev–Trinajstić information content (AvgIpc) is 1.78. The van der Waals surface area contributed by atoms with Crippen molar-refractivity contribution in [2.45, 2.75) is 25.8 Å². The first-order valence-corrected chi connectivity index (χ1v) is 6.68. The average molecular weight is 194 g/mol. The van der Waals surface area contributed by atoms with Crippen LogP contribution in [0.2, 0.25) is 19.6 Å². The second kappa shape index (κ2) is 3.27. The zero-order valence-corrected chi connectivity index (χ0v) is 8.03. The molecule has 68 valence electrons. The molecule has 0 unspecified atom stereocenters. The van der Waals surface area contributed by atoms with Gasteiger partial charge in [0.05, 0.1) is 0 Å². The van der Waals surface area contributed by atoms with Crippen LogP contribution in [0.4, 0.5) is 13.2 Å². The lowest BCUT2D eigenvalue weighted by Crippen LogP contribution is -2.28. The van der Waals surface area contributed by atoms with Gasteiger partial charge in [-0.25, -0.2) is 0 Å². The van der Waals surface area contributed by atoms with E-state index in [1.54, 1.807) is 19.6 Å². The second-order valence-corrected chi connectivity index (χ2v) is 7.81. The van der Waals surface area contributed by atoms with Gasteiger partial charge in [0.1, 0.15) is 6.07 Å². The molecule has 0 saturated heterocycles.